The van der Waals surface area contributed by atoms with E-state index in [-0.39, 0.29) is 18.0 Å². The summed E-state index contributed by atoms with van der Waals surface area (Å²) in [5, 5.41) is 10.6. The molecule has 30 heavy (non-hydrogen) atoms. The van der Waals surface area contributed by atoms with Crippen LogP contribution in [-0.4, -0.2) is 66.9 Å². The summed E-state index contributed by atoms with van der Waals surface area (Å²) in [7, 11) is 1.16. The topological polar surface area (TPSA) is 151 Å². The highest BCUT2D eigenvalue weighted by Crippen LogP contribution is 2.42. The third-order valence-electron chi connectivity index (χ3n) is 4.83. The predicted molar refractivity (Wildman–Crippen MR) is 104 cm³/mol. The van der Waals surface area contributed by atoms with Gasteiger partial charge in [0.25, 0.3) is 0 Å². The second-order valence-corrected chi connectivity index (χ2v) is 8.02. The Morgan fingerprint density at radius 2 is 1.80 bits per heavy atom. The molecule has 0 aromatic rings. The van der Waals surface area contributed by atoms with E-state index in [1.165, 1.54) is 13.0 Å². The summed E-state index contributed by atoms with van der Waals surface area (Å²) in [4.78, 5) is 46.8. The number of Topliss-reactive ketones (excluding diaryl/α,β-unsaturated/α-hetero) is 1. The molecule has 0 aromatic carbocycles. The van der Waals surface area contributed by atoms with E-state index in [1.807, 2.05) is 0 Å². The highest BCUT2D eigenvalue weighted by atomic mass is 16.6. The van der Waals surface area contributed by atoms with E-state index in [1.54, 1.807) is 13.8 Å². The first-order chi connectivity index (χ1) is 13.8. The van der Waals surface area contributed by atoms with E-state index >= 15 is 0 Å². The molecule has 1 rings (SSSR count). The summed E-state index contributed by atoms with van der Waals surface area (Å²) < 4.78 is 20.6. The molecular weight excluding hydrogens is 398 g/mol. The Hall–Kier alpha value is -2.46. The Bertz CT molecular complexity index is 700. The van der Waals surface area contributed by atoms with Crippen molar-refractivity contribution in [2.45, 2.75) is 65.4 Å². The van der Waals surface area contributed by atoms with Gasteiger partial charge in [0, 0.05) is 32.2 Å². The summed E-state index contributed by atoms with van der Waals surface area (Å²) in [6.45, 7) is 6.84. The molecule has 0 saturated carbocycles. The lowest BCUT2D eigenvalue weighted by atomic mass is 9.67. The Morgan fingerprint density at radius 3 is 2.27 bits per heavy atom. The number of nitrogens with two attached hydrogens (primary N) is 1. The van der Waals surface area contributed by atoms with Crippen molar-refractivity contribution in [3.8, 4) is 0 Å². The number of rotatable bonds is 9. The van der Waals surface area contributed by atoms with Gasteiger partial charge in [0.2, 0.25) is 5.76 Å². The minimum absolute atomic E-state index is 0.0989. The SMILES string of the molecule is COC(=O)C1=CC(N)C(C(C)(C)CC(C)=O)C(C(OC(C)=O)C(O)COC(C)=O)O1. The van der Waals surface area contributed by atoms with Crippen molar-refractivity contribution in [1.29, 1.82) is 0 Å². The van der Waals surface area contributed by atoms with E-state index < -0.39 is 60.2 Å². The molecule has 0 amide bonds. The van der Waals surface area contributed by atoms with Crippen LogP contribution in [0.1, 0.15) is 41.0 Å². The van der Waals surface area contributed by atoms with E-state index in [0.29, 0.717) is 0 Å². The number of carbonyl (C=O) groups is 4. The molecule has 5 unspecified atom stereocenters. The van der Waals surface area contributed by atoms with E-state index in [9.17, 15) is 24.3 Å². The summed E-state index contributed by atoms with van der Waals surface area (Å²) in [6, 6.07) is -0.786. The highest BCUT2D eigenvalue weighted by molar-refractivity contribution is 5.86. The maximum Gasteiger partial charge on any atom is 0.373 e. The lowest BCUT2D eigenvalue weighted by Gasteiger charge is -2.46. The van der Waals surface area contributed by atoms with Gasteiger partial charge in [-0.2, -0.15) is 0 Å². The fraction of sp³-hybridized carbons (Fsp3) is 0.700. The monoisotopic (exact) mass is 429 g/mol. The van der Waals surface area contributed by atoms with Crippen LogP contribution in [0.5, 0.6) is 0 Å². The number of methoxy groups -OCH3 is 1. The van der Waals surface area contributed by atoms with Crippen LogP contribution in [0.25, 0.3) is 0 Å². The smallest absolute Gasteiger partial charge is 0.373 e. The molecule has 0 saturated heterocycles. The number of hydrogen-bond donors (Lipinski definition) is 2. The minimum Gasteiger partial charge on any atom is -0.479 e. The zero-order chi connectivity index (χ0) is 23.2. The molecule has 0 spiro atoms. The first-order valence-corrected chi connectivity index (χ1v) is 9.50. The first-order valence-electron chi connectivity index (χ1n) is 9.50. The number of ketones is 1. The fourth-order valence-corrected chi connectivity index (χ4v) is 3.82. The van der Waals surface area contributed by atoms with Gasteiger partial charge in [-0.25, -0.2) is 4.79 Å². The Kier molecular flexibility index (Phi) is 8.98. The number of hydrogen-bond acceptors (Lipinski definition) is 10. The molecule has 3 N–H and O–H groups in total. The lowest BCUT2D eigenvalue weighted by Crippen LogP contribution is -2.58. The maximum atomic E-state index is 12.1. The predicted octanol–water partition coefficient (Wildman–Crippen LogP) is 0.247. The van der Waals surface area contributed by atoms with Crippen LogP contribution < -0.4 is 5.73 Å². The summed E-state index contributed by atoms with van der Waals surface area (Å²) >= 11 is 0. The van der Waals surface area contributed by atoms with E-state index in [2.05, 4.69) is 0 Å². The summed E-state index contributed by atoms with van der Waals surface area (Å²) in [5.74, 6) is -3.11. The molecule has 0 aliphatic carbocycles. The number of aliphatic hydroxyl groups excluding tert-OH is 1. The van der Waals surface area contributed by atoms with Gasteiger partial charge >= 0.3 is 17.9 Å². The van der Waals surface area contributed by atoms with Gasteiger partial charge in [-0.1, -0.05) is 13.8 Å². The van der Waals surface area contributed by atoms with Crippen LogP contribution in [-0.2, 0) is 38.1 Å². The van der Waals surface area contributed by atoms with Gasteiger partial charge in [0.05, 0.1) is 7.11 Å². The Balaban J connectivity index is 3.44. The molecule has 1 aliphatic rings. The number of carbonyl (C=O) groups excluding carboxylic acids is 4. The highest BCUT2D eigenvalue weighted by Gasteiger charge is 2.50. The zero-order valence-electron chi connectivity index (χ0n) is 18.2. The van der Waals surface area contributed by atoms with Crippen molar-refractivity contribution in [2.24, 2.45) is 17.1 Å². The van der Waals surface area contributed by atoms with Crippen molar-refractivity contribution in [2.75, 3.05) is 13.7 Å². The largest absolute Gasteiger partial charge is 0.479 e. The van der Waals surface area contributed by atoms with Crippen molar-refractivity contribution >= 4 is 23.7 Å². The molecule has 1 heterocycles. The molecule has 170 valence electrons. The Morgan fingerprint density at radius 1 is 1.20 bits per heavy atom. The van der Waals surface area contributed by atoms with Gasteiger partial charge in [0.1, 0.15) is 24.6 Å². The first kappa shape index (κ1) is 25.6. The second kappa shape index (κ2) is 10.5. The molecular formula is C20H31NO9. The van der Waals surface area contributed by atoms with Crippen molar-refractivity contribution in [3.05, 3.63) is 11.8 Å². The van der Waals surface area contributed by atoms with Gasteiger partial charge in [-0.3, -0.25) is 9.59 Å². The molecule has 0 radical (unpaired) electrons. The summed E-state index contributed by atoms with van der Waals surface area (Å²) in [6.07, 6.45) is -2.43. The van der Waals surface area contributed by atoms with Crippen LogP contribution in [0.15, 0.2) is 11.8 Å². The second-order valence-electron chi connectivity index (χ2n) is 8.02. The Labute approximate surface area is 175 Å². The van der Waals surface area contributed by atoms with Gasteiger partial charge in [-0.15, -0.1) is 0 Å². The lowest BCUT2D eigenvalue weighted by molar-refractivity contribution is -0.184. The number of aliphatic hydroxyl groups is 1. The maximum absolute atomic E-state index is 12.1. The van der Waals surface area contributed by atoms with Crippen molar-refractivity contribution in [3.63, 3.8) is 0 Å². The molecule has 10 heteroatoms. The van der Waals surface area contributed by atoms with Crippen LogP contribution in [0.3, 0.4) is 0 Å². The summed E-state index contributed by atoms with van der Waals surface area (Å²) in [5.41, 5.74) is 5.57. The molecule has 0 aromatic heterocycles. The van der Waals surface area contributed by atoms with Gasteiger partial charge < -0.3 is 34.6 Å². The normalized spacial score (nSPS) is 23.3. The molecule has 1 aliphatic heterocycles. The third-order valence-corrected chi connectivity index (χ3v) is 4.83. The quantitative estimate of drug-likeness (QED) is 0.385. The number of esters is 3. The molecule has 5 atom stereocenters. The average Bonchev–Trinajstić information content (AvgIpc) is 2.61. The minimum atomic E-state index is -1.47. The fourth-order valence-electron chi connectivity index (χ4n) is 3.82. The molecule has 10 nitrogen and oxygen atoms in total. The van der Waals surface area contributed by atoms with Crippen LogP contribution in [0.4, 0.5) is 0 Å². The van der Waals surface area contributed by atoms with Crippen molar-refractivity contribution < 1.29 is 43.2 Å². The van der Waals surface area contributed by atoms with E-state index in [0.717, 1.165) is 21.0 Å². The molecule has 0 fully saturated rings. The molecule has 0 bridgehead atoms. The van der Waals surface area contributed by atoms with Gasteiger partial charge in [-0.05, 0) is 18.4 Å². The van der Waals surface area contributed by atoms with E-state index in [4.69, 9.17) is 24.7 Å². The van der Waals surface area contributed by atoms with Crippen LogP contribution >= 0.6 is 0 Å². The van der Waals surface area contributed by atoms with Crippen LogP contribution in [0, 0.1) is 11.3 Å². The third kappa shape index (κ3) is 6.81. The zero-order valence-corrected chi connectivity index (χ0v) is 18.2. The number of ether oxygens (including phenoxy) is 4. The van der Waals surface area contributed by atoms with Crippen LogP contribution in [0.2, 0.25) is 0 Å². The van der Waals surface area contributed by atoms with Gasteiger partial charge in [0.15, 0.2) is 6.10 Å². The van der Waals surface area contributed by atoms with Crippen molar-refractivity contribution in [1.82, 2.24) is 0 Å². The average molecular weight is 429 g/mol. The standard InChI is InChI=1S/C20H31NO9/c1-10(22)8-20(4,5)16-13(21)7-15(19(26)27-6)30-18(16)17(29-12(3)24)14(25)9-28-11(2)23/h7,13-14,16-18,25H,8-9,21H2,1-6H3.